The maximum atomic E-state index is 11.0. The first kappa shape index (κ1) is 15.4. The van der Waals surface area contributed by atoms with Crippen LogP contribution >= 0.6 is 0 Å². The molecule has 0 bridgehead atoms. The molecule has 0 saturated carbocycles. The second-order valence-corrected chi connectivity index (χ2v) is 4.33. The Kier molecular flexibility index (Phi) is 4.30. The van der Waals surface area contributed by atoms with Gasteiger partial charge in [0.25, 0.3) is 0 Å². The van der Waals surface area contributed by atoms with E-state index in [1.54, 1.807) is 0 Å². The highest BCUT2D eigenvalue weighted by atomic mass is 16.6. The van der Waals surface area contributed by atoms with Gasteiger partial charge in [0.1, 0.15) is 0 Å². The first-order valence-electron chi connectivity index (χ1n) is 6.60. The molecule has 0 unspecified atom stereocenters. The summed E-state index contributed by atoms with van der Waals surface area (Å²) in [4.78, 5) is 28.9. The van der Waals surface area contributed by atoms with Crippen LogP contribution in [0.15, 0.2) is 12.1 Å². The van der Waals surface area contributed by atoms with Crippen LogP contribution in [-0.2, 0) is 0 Å². The van der Waals surface area contributed by atoms with Gasteiger partial charge < -0.3 is 10.6 Å². The number of hydrogen-bond acceptors (Lipinski definition) is 8. The predicted octanol–water partition coefficient (Wildman–Crippen LogP) is 2.31. The van der Waals surface area contributed by atoms with Crippen molar-refractivity contribution in [1.29, 1.82) is 0 Å². The average molecular weight is 306 g/mol. The molecule has 0 saturated heterocycles. The normalized spacial score (nSPS) is 10.5. The third kappa shape index (κ3) is 2.85. The van der Waals surface area contributed by atoms with Gasteiger partial charge in [0, 0.05) is 13.1 Å². The van der Waals surface area contributed by atoms with E-state index in [2.05, 4.69) is 20.6 Å². The molecule has 116 valence electrons. The van der Waals surface area contributed by atoms with Crippen molar-refractivity contribution in [3.63, 3.8) is 0 Å². The Morgan fingerprint density at radius 1 is 0.909 bits per heavy atom. The number of benzene rings is 1. The summed E-state index contributed by atoms with van der Waals surface area (Å²) < 4.78 is 0. The number of nitrogens with zero attached hydrogens (tertiary/aromatic N) is 4. The third-order valence-corrected chi connectivity index (χ3v) is 2.84. The molecule has 0 atom stereocenters. The van der Waals surface area contributed by atoms with Crippen molar-refractivity contribution in [3.05, 3.63) is 32.4 Å². The molecule has 1 heterocycles. The highest BCUT2D eigenvalue weighted by molar-refractivity contribution is 5.85. The maximum Gasteiger partial charge on any atom is 0.348 e. The molecule has 2 rings (SSSR count). The zero-order valence-corrected chi connectivity index (χ0v) is 12.0. The minimum atomic E-state index is -0.801. The Labute approximate surface area is 124 Å². The summed E-state index contributed by atoms with van der Waals surface area (Å²) in [5.41, 5.74) is -0.777. The fourth-order valence-corrected chi connectivity index (χ4v) is 1.95. The van der Waals surface area contributed by atoms with Gasteiger partial charge in [-0.2, -0.15) is 0 Å². The van der Waals surface area contributed by atoms with Crippen LogP contribution in [0.5, 0.6) is 0 Å². The molecular formula is C12H14N6O4. The molecule has 22 heavy (non-hydrogen) atoms. The highest BCUT2D eigenvalue weighted by Gasteiger charge is 2.26. The fraction of sp³-hybridized carbons (Fsp3) is 0.333. The third-order valence-electron chi connectivity index (χ3n) is 2.84. The van der Waals surface area contributed by atoms with Gasteiger partial charge in [-0.25, -0.2) is 9.97 Å². The lowest BCUT2D eigenvalue weighted by Gasteiger charge is -2.11. The number of rotatable bonds is 6. The fourth-order valence-electron chi connectivity index (χ4n) is 1.95. The molecule has 0 aliphatic rings. The van der Waals surface area contributed by atoms with Crippen LogP contribution in [0.25, 0.3) is 11.0 Å². The van der Waals surface area contributed by atoms with E-state index in [4.69, 9.17) is 0 Å². The quantitative estimate of drug-likeness (QED) is 0.612. The molecule has 1 aromatic heterocycles. The molecule has 0 spiro atoms. The lowest BCUT2D eigenvalue weighted by Crippen LogP contribution is -2.08. The van der Waals surface area contributed by atoms with Crippen LogP contribution in [0, 0.1) is 20.2 Å². The van der Waals surface area contributed by atoms with Crippen molar-refractivity contribution in [1.82, 2.24) is 9.97 Å². The van der Waals surface area contributed by atoms with Crippen molar-refractivity contribution < 1.29 is 9.85 Å². The maximum absolute atomic E-state index is 11.0. The zero-order valence-electron chi connectivity index (χ0n) is 12.0. The van der Waals surface area contributed by atoms with Crippen LogP contribution in [0.2, 0.25) is 0 Å². The van der Waals surface area contributed by atoms with Crippen molar-refractivity contribution >= 4 is 34.0 Å². The first-order valence-corrected chi connectivity index (χ1v) is 6.60. The van der Waals surface area contributed by atoms with Gasteiger partial charge in [-0.3, -0.25) is 20.2 Å². The van der Waals surface area contributed by atoms with E-state index in [1.807, 2.05) is 13.8 Å². The average Bonchev–Trinajstić information content (AvgIpc) is 2.47. The number of nitro benzene ring substituents is 2. The molecule has 0 amide bonds. The van der Waals surface area contributed by atoms with E-state index in [0.29, 0.717) is 24.7 Å². The van der Waals surface area contributed by atoms with Gasteiger partial charge in [0.2, 0.25) is 0 Å². The molecule has 2 aromatic rings. The molecule has 10 heteroatoms. The highest BCUT2D eigenvalue weighted by Crippen LogP contribution is 2.32. The van der Waals surface area contributed by atoms with Crippen molar-refractivity contribution in [2.45, 2.75) is 13.8 Å². The molecule has 1 aromatic carbocycles. The predicted molar refractivity (Wildman–Crippen MR) is 81.2 cm³/mol. The summed E-state index contributed by atoms with van der Waals surface area (Å²) in [5, 5.41) is 27.9. The number of anilines is 2. The topological polar surface area (TPSA) is 136 Å². The molecular weight excluding hydrogens is 292 g/mol. The smallest absolute Gasteiger partial charge is 0.348 e. The second-order valence-electron chi connectivity index (χ2n) is 4.33. The molecule has 0 radical (unpaired) electrons. The molecule has 0 fully saturated rings. The van der Waals surface area contributed by atoms with E-state index in [9.17, 15) is 20.2 Å². The Morgan fingerprint density at radius 3 is 1.55 bits per heavy atom. The summed E-state index contributed by atoms with van der Waals surface area (Å²) in [5.74, 6) is 0.889. The number of nitro groups is 2. The van der Waals surface area contributed by atoms with Crippen molar-refractivity contribution in [2.75, 3.05) is 23.7 Å². The van der Waals surface area contributed by atoms with Gasteiger partial charge in [0.05, 0.1) is 33.0 Å². The van der Waals surface area contributed by atoms with Crippen LogP contribution < -0.4 is 10.6 Å². The van der Waals surface area contributed by atoms with Crippen LogP contribution in [-0.4, -0.2) is 32.9 Å². The first-order chi connectivity index (χ1) is 10.5. The minimum Gasteiger partial charge on any atom is -0.367 e. The van der Waals surface area contributed by atoms with E-state index in [1.165, 1.54) is 0 Å². The largest absolute Gasteiger partial charge is 0.367 e. The Balaban J connectivity index is 2.72. The lowest BCUT2D eigenvalue weighted by molar-refractivity contribution is -0.422. The van der Waals surface area contributed by atoms with Crippen LogP contribution in [0.3, 0.4) is 0 Å². The number of hydrogen-bond donors (Lipinski definition) is 2. The minimum absolute atomic E-state index is 0.218. The Bertz CT molecular complexity index is 685. The van der Waals surface area contributed by atoms with Gasteiger partial charge in [0.15, 0.2) is 11.6 Å². The van der Waals surface area contributed by atoms with Crippen molar-refractivity contribution in [3.8, 4) is 0 Å². The van der Waals surface area contributed by atoms with Crippen molar-refractivity contribution in [2.24, 2.45) is 0 Å². The number of nitrogens with one attached hydrogen (secondary N) is 2. The zero-order chi connectivity index (χ0) is 16.3. The van der Waals surface area contributed by atoms with Gasteiger partial charge in [-0.1, -0.05) is 0 Å². The lowest BCUT2D eigenvalue weighted by atomic mass is 10.2. The summed E-state index contributed by atoms with van der Waals surface area (Å²) in [6.45, 7) is 4.93. The summed E-state index contributed by atoms with van der Waals surface area (Å²) in [6.07, 6.45) is 0. The Morgan fingerprint density at radius 2 is 1.27 bits per heavy atom. The summed E-state index contributed by atoms with van der Waals surface area (Å²) in [6, 6.07) is 2.13. The van der Waals surface area contributed by atoms with Gasteiger partial charge >= 0.3 is 11.4 Å². The SMILES string of the molecule is CCNc1nc2cc([N+](=O)[O-])c([N+](=O)[O-])cc2nc1NCC. The number of aromatic nitrogens is 2. The monoisotopic (exact) mass is 306 g/mol. The standard InChI is InChI=1S/C12H14N6O4/c1-3-13-11-12(14-4-2)16-8-6-10(18(21)22)9(17(19)20)5-7(8)15-11/h5-6H,3-4H2,1-2H3,(H,13,15)(H,14,16). The molecule has 10 nitrogen and oxygen atoms in total. The van der Waals surface area contributed by atoms with Gasteiger partial charge in [-0.05, 0) is 13.8 Å². The summed E-state index contributed by atoms with van der Waals surface area (Å²) >= 11 is 0. The molecule has 0 aliphatic heterocycles. The summed E-state index contributed by atoms with van der Waals surface area (Å²) in [7, 11) is 0. The van der Waals surface area contributed by atoms with Crippen LogP contribution in [0.4, 0.5) is 23.0 Å². The van der Waals surface area contributed by atoms with Crippen LogP contribution in [0.1, 0.15) is 13.8 Å². The van der Waals surface area contributed by atoms with E-state index < -0.39 is 21.2 Å². The molecule has 0 aliphatic carbocycles. The van der Waals surface area contributed by atoms with E-state index >= 15 is 0 Å². The second kappa shape index (κ2) is 6.16. The van der Waals surface area contributed by atoms with E-state index in [0.717, 1.165) is 12.1 Å². The number of fused-ring (bicyclic) bond motifs is 1. The molecule has 2 N–H and O–H groups in total. The van der Waals surface area contributed by atoms with E-state index in [-0.39, 0.29) is 11.0 Å². The Hall–Kier alpha value is -3.04. The van der Waals surface area contributed by atoms with Gasteiger partial charge in [-0.15, -0.1) is 0 Å².